The molecule has 7 heteroatoms. The Bertz CT molecular complexity index is 882. The van der Waals surface area contributed by atoms with Gasteiger partial charge in [-0.05, 0) is 55.8 Å². The lowest BCUT2D eigenvalue weighted by atomic mass is 10.0. The highest BCUT2D eigenvalue weighted by atomic mass is 19.1. The number of nitrogens with zero attached hydrogens (tertiary/aromatic N) is 1. The van der Waals surface area contributed by atoms with E-state index >= 15 is 0 Å². The number of rotatable bonds is 4. The number of carboxylic acids is 1. The number of carboxylic acid groups (broad SMARTS) is 1. The molecule has 27 heavy (non-hydrogen) atoms. The quantitative estimate of drug-likeness (QED) is 0.866. The Morgan fingerprint density at radius 2 is 1.81 bits per heavy atom. The molecule has 1 aliphatic heterocycles. The van der Waals surface area contributed by atoms with E-state index in [4.69, 9.17) is 0 Å². The fraction of sp³-hybridized carbons (Fsp3) is 0.250. The van der Waals surface area contributed by atoms with Crippen LogP contribution in [0, 0.1) is 11.7 Å². The third-order valence-corrected chi connectivity index (χ3v) is 4.81. The van der Waals surface area contributed by atoms with Crippen LogP contribution in [0.25, 0.3) is 0 Å². The van der Waals surface area contributed by atoms with Crippen molar-refractivity contribution in [2.75, 3.05) is 11.9 Å². The first-order chi connectivity index (χ1) is 12.9. The van der Waals surface area contributed by atoms with Gasteiger partial charge in [0.1, 0.15) is 5.82 Å². The van der Waals surface area contributed by atoms with Crippen LogP contribution in [0.5, 0.6) is 0 Å². The number of nitrogens with one attached hydrogen (secondary N) is 1. The number of hydrogen-bond donors (Lipinski definition) is 2. The fourth-order valence-corrected chi connectivity index (χ4v) is 3.26. The van der Waals surface area contributed by atoms with Crippen LogP contribution >= 0.6 is 0 Å². The predicted molar refractivity (Wildman–Crippen MR) is 97.0 cm³/mol. The van der Waals surface area contributed by atoms with Crippen LogP contribution in [-0.2, 0) is 4.79 Å². The van der Waals surface area contributed by atoms with E-state index in [0.29, 0.717) is 29.8 Å². The van der Waals surface area contributed by atoms with Gasteiger partial charge >= 0.3 is 5.97 Å². The number of aliphatic carboxylic acids is 1. The first kappa shape index (κ1) is 18.6. The van der Waals surface area contributed by atoms with Crippen LogP contribution in [0.15, 0.2) is 48.5 Å². The van der Waals surface area contributed by atoms with E-state index in [-0.39, 0.29) is 5.91 Å². The number of likely N-dealkylation sites (tertiary alicyclic amines) is 1. The summed E-state index contributed by atoms with van der Waals surface area (Å²) in [5.41, 5.74) is 1.09. The Kier molecular flexibility index (Phi) is 5.21. The van der Waals surface area contributed by atoms with Gasteiger partial charge in [0.25, 0.3) is 11.8 Å². The molecule has 2 N–H and O–H groups in total. The van der Waals surface area contributed by atoms with Gasteiger partial charge in [0.15, 0.2) is 0 Å². The normalized spacial score (nSPS) is 19.0. The number of carbonyl (C=O) groups is 3. The van der Waals surface area contributed by atoms with Crippen molar-refractivity contribution in [1.29, 1.82) is 0 Å². The van der Waals surface area contributed by atoms with E-state index in [1.165, 1.54) is 24.3 Å². The molecule has 1 fully saturated rings. The summed E-state index contributed by atoms with van der Waals surface area (Å²) < 4.78 is 13.0. The second-order valence-corrected chi connectivity index (χ2v) is 6.51. The largest absolute Gasteiger partial charge is 0.481 e. The van der Waals surface area contributed by atoms with E-state index in [1.54, 1.807) is 36.1 Å². The lowest BCUT2D eigenvalue weighted by Gasteiger charge is -2.23. The summed E-state index contributed by atoms with van der Waals surface area (Å²) in [6.07, 6.45) is 0.420. The van der Waals surface area contributed by atoms with Crippen LogP contribution in [0.4, 0.5) is 10.1 Å². The van der Waals surface area contributed by atoms with Crippen molar-refractivity contribution in [3.8, 4) is 0 Å². The van der Waals surface area contributed by atoms with Crippen molar-refractivity contribution in [2.24, 2.45) is 5.92 Å². The van der Waals surface area contributed by atoms with Crippen molar-refractivity contribution >= 4 is 23.5 Å². The zero-order valence-electron chi connectivity index (χ0n) is 14.7. The Morgan fingerprint density at radius 3 is 2.44 bits per heavy atom. The molecule has 2 atom stereocenters. The number of benzene rings is 2. The van der Waals surface area contributed by atoms with E-state index in [1.807, 2.05) is 0 Å². The number of carbonyl (C=O) groups excluding carboxylic acids is 2. The first-order valence-corrected chi connectivity index (χ1v) is 8.57. The Labute approximate surface area is 155 Å². The van der Waals surface area contributed by atoms with Gasteiger partial charge in [-0.2, -0.15) is 0 Å². The number of halogens is 1. The molecule has 3 rings (SSSR count). The van der Waals surface area contributed by atoms with Crippen LogP contribution in [0.2, 0.25) is 0 Å². The maximum absolute atomic E-state index is 13.0. The van der Waals surface area contributed by atoms with E-state index in [9.17, 15) is 23.9 Å². The monoisotopic (exact) mass is 370 g/mol. The third kappa shape index (κ3) is 3.97. The van der Waals surface area contributed by atoms with E-state index in [2.05, 4.69) is 5.32 Å². The summed E-state index contributed by atoms with van der Waals surface area (Å²) >= 11 is 0. The van der Waals surface area contributed by atoms with E-state index < -0.39 is 29.7 Å². The molecule has 0 saturated carbocycles. The molecular weight excluding hydrogens is 351 g/mol. The number of anilines is 1. The SMILES string of the molecule is CC1C(C(=O)O)CCN1C(=O)c1cccc(NC(=O)c2ccc(F)cc2)c1. The minimum atomic E-state index is -0.905. The molecule has 1 saturated heterocycles. The zero-order valence-corrected chi connectivity index (χ0v) is 14.7. The van der Waals surface area contributed by atoms with Crippen molar-refractivity contribution in [3.05, 3.63) is 65.5 Å². The molecule has 140 valence electrons. The molecule has 1 aliphatic rings. The molecular formula is C20H19FN2O4. The molecule has 2 unspecified atom stereocenters. The van der Waals surface area contributed by atoms with Gasteiger partial charge in [0.2, 0.25) is 0 Å². The number of amides is 2. The van der Waals surface area contributed by atoms with Gasteiger partial charge in [0, 0.05) is 29.4 Å². The molecule has 2 aromatic rings. The van der Waals surface area contributed by atoms with Gasteiger partial charge < -0.3 is 15.3 Å². The highest BCUT2D eigenvalue weighted by Gasteiger charge is 2.38. The third-order valence-electron chi connectivity index (χ3n) is 4.81. The van der Waals surface area contributed by atoms with Gasteiger partial charge in [-0.3, -0.25) is 14.4 Å². The van der Waals surface area contributed by atoms with Crippen LogP contribution < -0.4 is 5.32 Å². The minimum absolute atomic E-state index is 0.274. The Morgan fingerprint density at radius 1 is 1.11 bits per heavy atom. The van der Waals surface area contributed by atoms with Crippen molar-refractivity contribution < 1.29 is 23.9 Å². The molecule has 2 amide bonds. The van der Waals surface area contributed by atoms with Gasteiger partial charge in [-0.25, -0.2) is 4.39 Å². The fourth-order valence-electron chi connectivity index (χ4n) is 3.26. The summed E-state index contributed by atoms with van der Waals surface area (Å²) in [4.78, 5) is 37.8. The average Bonchev–Trinajstić information content (AvgIpc) is 3.03. The summed E-state index contributed by atoms with van der Waals surface area (Å²) in [5, 5.41) is 11.9. The van der Waals surface area contributed by atoms with Crippen molar-refractivity contribution in [2.45, 2.75) is 19.4 Å². The lowest BCUT2D eigenvalue weighted by molar-refractivity contribution is -0.142. The van der Waals surface area contributed by atoms with Crippen molar-refractivity contribution in [1.82, 2.24) is 4.90 Å². The molecule has 1 heterocycles. The first-order valence-electron chi connectivity index (χ1n) is 8.57. The highest BCUT2D eigenvalue weighted by molar-refractivity contribution is 6.05. The molecule has 2 aromatic carbocycles. The molecule has 0 aliphatic carbocycles. The summed E-state index contributed by atoms with van der Waals surface area (Å²) in [7, 11) is 0. The van der Waals surface area contributed by atoms with Crippen LogP contribution in [0.1, 0.15) is 34.1 Å². The zero-order chi connectivity index (χ0) is 19.6. The lowest BCUT2D eigenvalue weighted by Crippen LogP contribution is -2.37. The molecule has 0 aromatic heterocycles. The maximum Gasteiger partial charge on any atom is 0.308 e. The maximum atomic E-state index is 13.0. The Hall–Kier alpha value is -3.22. The standard InChI is InChI=1S/C20H19FN2O4/c1-12-17(20(26)27)9-10-23(12)19(25)14-3-2-4-16(11-14)22-18(24)13-5-7-15(21)8-6-13/h2-8,11-12,17H,9-10H2,1H3,(H,22,24)(H,26,27). The molecule has 0 radical (unpaired) electrons. The smallest absolute Gasteiger partial charge is 0.308 e. The predicted octanol–water partition coefficient (Wildman–Crippen LogP) is 3.01. The van der Waals surface area contributed by atoms with Gasteiger partial charge in [-0.15, -0.1) is 0 Å². The second kappa shape index (κ2) is 7.57. The van der Waals surface area contributed by atoms with Crippen LogP contribution in [-0.4, -0.2) is 40.4 Å². The number of hydrogen-bond acceptors (Lipinski definition) is 3. The summed E-state index contributed by atoms with van der Waals surface area (Å²) in [5.74, 6) is -2.60. The molecule has 0 spiro atoms. The Balaban J connectivity index is 1.73. The van der Waals surface area contributed by atoms with Gasteiger partial charge in [-0.1, -0.05) is 6.07 Å². The topological polar surface area (TPSA) is 86.7 Å². The van der Waals surface area contributed by atoms with Gasteiger partial charge in [0.05, 0.1) is 5.92 Å². The highest BCUT2D eigenvalue weighted by Crippen LogP contribution is 2.26. The van der Waals surface area contributed by atoms with Crippen LogP contribution in [0.3, 0.4) is 0 Å². The molecule has 0 bridgehead atoms. The average molecular weight is 370 g/mol. The summed E-state index contributed by atoms with van der Waals surface area (Å²) in [6, 6.07) is 11.2. The molecule has 6 nitrogen and oxygen atoms in total. The van der Waals surface area contributed by atoms with E-state index in [0.717, 1.165) is 0 Å². The van der Waals surface area contributed by atoms with Crippen molar-refractivity contribution in [3.63, 3.8) is 0 Å². The minimum Gasteiger partial charge on any atom is -0.481 e. The summed E-state index contributed by atoms with van der Waals surface area (Å²) in [6.45, 7) is 2.10. The second-order valence-electron chi connectivity index (χ2n) is 6.51.